The summed E-state index contributed by atoms with van der Waals surface area (Å²) in [4.78, 5) is 22.0. The van der Waals surface area contributed by atoms with Crippen LogP contribution in [-0.2, 0) is 4.79 Å². The minimum absolute atomic E-state index is 0.0985. The number of hydrogen-bond acceptors (Lipinski definition) is 4. The maximum absolute atomic E-state index is 11.8. The molecule has 0 aliphatic rings. The summed E-state index contributed by atoms with van der Waals surface area (Å²) in [7, 11) is 0. The van der Waals surface area contributed by atoms with E-state index in [1.54, 1.807) is 6.92 Å². The van der Waals surface area contributed by atoms with E-state index in [0.717, 1.165) is 0 Å². The number of anilines is 1. The largest absolute Gasteiger partial charge is 0.330 e. The minimum atomic E-state index is -0.570. The lowest BCUT2D eigenvalue weighted by Gasteiger charge is -2.11. The Bertz CT molecular complexity index is 465. The van der Waals surface area contributed by atoms with Gasteiger partial charge in [-0.3, -0.25) is 14.9 Å². The highest BCUT2D eigenvalue weighted by molar-refractivity contribution is 6.31. The van der Waals surface area contributed by atoms with Gasteiger partial charge in [0.2, 0.25) is 5.91 Å². The van der Waals surface area contributed by atoms with Gasteiger partial charge in [0.15, 0.2) is 0 Å². The fourth-order valence-corrected chi connectivity index (χ4v) is 1.58. The molecule has 0 fully saturated rings. The highest BCUT2D eigenvalue weighted by Gasteiger charge is 2.19. The number of carbonyl (C=O) groups excluding carboxylic acids is 1. The van der Waals surface area contributed by atoms with Gasteiger partial charge < -0.3 is 11.1 Å². The Morgan fingerprint density at radius 3 is 2.83 bits per heavy atom. The summed E-state index contributed by atoms with van der Waals surface area (Å²) in [5, 5.41) is 13.6. The van der Waals surface area contributed by atoms with Crippen molar-refractivity contribution in [2.24, 2.45) is 11.7 Å². The van der Waals surface area contributed by atoms with E-state index in [2.05, 4.69) is 5.32 Å². The van der Waals surface area contributed by atoms with Gasteiger partial charge in [-0.05, 0) is 25.1 Å². The maximum Gasteiger partial charge on any atom is 0.292 e. The monoisotopic (exact) mass is 271 g/mol. The van der Waals surface area contributed by atoms with E-state index in [4.69, 9.17) is 17.3 Å². The van der Waals surface area contributed by atoms with Gasteiger partial charge >= 0.3 is 0 Å². The van der Waals surface area contributed by atoms with Crippen molar-refractivity contribution < 1.29 is 9.72 Å². The second kappa shape index (κ2) is 6.32. The molecule has 0 bridgehead atoms. The predicted octanol–water partition coefficient (Wildman–Crippen LogP) is 2.17. The topological polar surface area (TPSA) is 98.3 Å². The van der Waals surface area contributed by atoms with Crippen molar-refractivity contribution in [3.8, 4) is 0 Å². The van der Waals surface area contributed by atoms with Crippen molar-refractivity contribution in [2.75, 3.05) is 11.9 Å². The highest BCUT2D eigenvalue weighted by Crippen LogP contribution is 2.28. The molecule has 1 atom stereocenters. The first kappa shape index (κ1) is 14.4. The van der Waals surface area contributed by atoms with E-state index < -0.39 is 4.92 Å². The molecule has 0 aromatic heterocycles. The predicted molar refractivity (Wildman–Crippen MR) is 69.6 cm³/mol. The summed E-state index contributed by atoms with van der Waals surface area (Å²) < 4.78 is 0. The quantitative estimate of drug-likeness (QED) is 0.633. The molecule has 0 saturated heterocycles. The van der Waals surface area contributed by atoms with Crippen LogP contribution in [0, 0.1) is 16.0 Å². The van der Waals surface area contributed by atoms with Gasteiger partial charge in [-0.1, -0.05) is 18.5 Å². The van der Waals surface area contributed by atoms with E-state index in [1.807, 2.05) is 0 Å². The number of nitrogens with one attached hydrogen (secondary N) is 1. The Kier molecular flexibility index (Phi) is 5.06. The average Bonchev–Trinajstić information content (AvgIpc) is 2.28. The molecule has 98 valence electrons. The number of amides is 1. The molecule has 0 aliphatic carbocycles. The third-order valence-corrected chi connectivity index (χ3v) is 2.70. The Morgan fingerprint density at radius 2 is 2.28 bits per heavy atom. The van der Waals surface area contributed by atoms with Crippen molar-refractivity contribution in [3.05, 3.63) is 33.3 Å². The first-order valence-electron chi connectivity index (χ1n) is 5.40. The zero-order valence-electron chi connectivity index (χ0n) is 9.85. The molecular formula is C11H14ClN3O3. The molecule has 3 N–H and O–H groups in total. The molecular weight excluding hydrogens is 258 g/mol. The fraction of sp³-hybridized carbons (Fsp3) is 0.364. The normalized spacial score (nSPS) is 11.9. The lowest BCUT2D eigenvalue weighted by Crippen LogP contribution is -2.23. The number of rotatable bonds is 5. The second-order valence-electron chi connectivity index (χ2n) is 3.89. The first-order valence-corrected chi connectivity index (χ1v) is 5.78. The molecule has 0 radical (unpaired) electrons. The smallest absolute Gasteiger partial charge is 0.292 e. The SMILES string of the molecule is CC(CCN)C(=O)Nc1cc(Cl)ccc1[N+](=O)[O-]. The summed E-state index contributed by atoms with van der Waals surface area (Å²) in [6.45, 7) is 2.09. The second-order valence-corrected chi connectivity index (χ2v) is 4.32. The van der Waals surface area contributed by atoms with Gasteiger partial charge in [0.05, 0.1) is 4.92 Å². The summed E-state index contributed by atoms with van der Waals surface area (Å²) in [6.07, 6.45) is 0.514. The van der Waals surface area contributed by atoms with E-state index >= 15 is 0 Å². The number of nitro groups is 1. The maximum atomic E-state index is 11.8. The van der Waals surface area contributed by atoms with Crippen LogP contribution in [0.4, 0.5) is 11.4 Å². The minimum Gasteiger partial charge on any atom is -0.330 e. The van der Waals surface area contributed by atoms with Crippen LogP contribution in [0.15, 0.2) is 18.2 Å². The average molecular weight is 272 g/mol. The van der Waals surface area contributed by atoms with Crippen LogP contribution in [0.5, 0.6) is 0 Å². The summed E-state index contributed by atoms with van der Waals surface area (Å²) in [6, 6.07) is 4.01. The van der Waals surface area contributed by atoms with Gasteiger partial charge in [0.25, 0.3) is 5.69 Å². The van der Waals surface area contributed by atoms with Crippen molar-refractivity contribution in [1.29, 1.82) is 0 Å². The van der Waals surface area contributed by atoms with Crippen LogP contribution < -0.4 is 11.1 Å². The van der Waals surface area contributed by atoms with Crippen LogP contribution in [-0.4, -0.2) is 17.4 Å². The first-order chi connectivity index (χ1) is 8.45. The molecule has 0 aliphatic heterocycles. The summed E-state index contributed by atoms with van der Waals surface area (Å²) >= 11 is 5.75. The number of halogens is 1. The molecule has 7 heteroatoms. The van der Waals surface area contributed by atoms with Crippen LogP contribution in [0.1, 0.15) is 13.3 Å². The van der Waals surface area contributed by atoms with Crippen LogP contribution in [0.2, 0.25) is 5.02 Å². The Morgan fingerprint density at radius 1 is 1.61 bits per heavy atom. The third-order valence-electron chi connectivity index (χ3n) is 2.46. The molecule has 0 saturated carbocycles. The molecule has 0 spiro atoms. The number of nitrogens with two attached hydrogens (primary N) is 1. The highest BCUT2D eigenvalue weighted by atomic mass is 35.5. The number of nitrogens with zero attached hydrogens (tertiary/aromatic N) is 1. The zero-order valence-corrected chi connectivity index (χ0v) is 10.6. The molecule has 6 nitrogen and oxygen atoms in total. The molecule has 1 unspecified atom stereocenters. The zero-order chi connectivity index (χ0) is 13.7. The molecule has 1 rings (SSSR count). The third kappa shape index (κ3) is 3.68. The number of nitro benzene ring substituents is 1. The van der Waals surface area contributed by atoms with Gasteiger partial charge in [-0.15, -0.1) is 0 Å². The Balaban J connectivity index is 2.92. The van der Waals surface area contributed by atoms with Crippen molar-refractivity contribution in [3.63, 3.8) is 0 Å². The summed E-state index contributed by atoms with van der Waals surface area (Å²) in [5.41, 5.74) is 5.26. The lowest BCUT2D eigenvalue weighted by molar-refractivity contribution is -0.383. The Hall–Kier alpha value is -1.66. The van der Waals surface area contributed by atoms with Crippen LogP contribution >= 0.6 is 11.6 Å². The van der Waals surface area contributed by atoms with E-state index in [0.29, 0.717) is 18.0 Å². The molecule has 18 heavy (non-hydrogen) atoms. The van der Waals surface area contributed by atoms with Crippen molar-refractivity contribution in [1.82, 2.24) is 0 Å². The molecule has 1 aromatic carbocycles. The molecule has 1 amide bonds. The molecule has 0 heterocycles. The Labute approximate surface area is 109 Å². The van der Waals surface area contributed by atoms with Gasteiger partial charge in [-0.2, -0.15) is 0 Å². The summed E-state index contributed by atoms with van der Waals surface area (Å²) in [5.74, 6) is -0.626. The van der Waals surface area contributed by atoms with E-state index in [-0.39, 0.29) is 23.2 Å². The van der Waals surface area contributed by atoms with Crippen LogP contribution in [0.3, 0.4) is 0 Å². The van der Waals surface area contributed by atoms with Crippen molar-refractivity contribution >= 4 is 28.9 Å². The van der Waals surface area contributed by atoms with Gasteiger partial charge in [0, 0.05) is 17.0 Å². The van der Waals surface area contributed by atoms with Crippen LogP contribution in [0.25, 0.3) is 0 Å². The van der Waals surface area contributed by atoms with Gasteiger partial charge in [0.1, 0.15) is 5.69 Å². The van der Waals surface area contributed by atoms with Crippen molar-refractivity contribution in [2.45, 2.75) is 13.3 Å². The fourth-order valence-electron chi connectivity index (χ4n) is 1.40. The number of carbonyl (C=O) groups is 1. The lowest BCUT2D eigenvalue weighted by atomic mass is 10.1. The standard InChI is InChI=1S/C11H14ClN3O3/c1-7(4-5-13)11(16)14-9-6-8(12)2-3-10(9)15(17)18/h2-3,6-7H,4-5,13H2,1H3,(H,14,16). The number of benzene rings is 1. The van der Waals surface area contributed by atoms with Gasteiger partial charge in [-0.25, -0.2) is 0 Å². The van der Waals surface area contributed by atoms with E-state index in [9.17, 15) is 14.9 Å². The number of hydrogen-bond donors (Lipinski definition) is 2. The van der Waals surface area contributed by atoms with E-state index in [1.165, 1.54) is 18.2 Å². The molecule has 1 aromatic rings.